The van der Waals surface area contributed by atoms with Crippen molar-refractivity contribution in [1.82, 2.24) is 135 Å². The van der Waals surface area contributed by atoms with Crippen LogP contribution in [-0.4, -0.2) is 313 Å². The maximum absolute atomic E-state index is 13.8. The fourth-order valence-corrected chi connectivity index (χ4v) is 14.8. The van der Waals surface area contributed by atoms with Gasteiger partial charge in [0.15, 0.2) is 0 Å². The minimum atomic E-state index is -1.34. The molecule has 0 radical (unpaired) electrons. The second-order valence-corrected chi connectivity index (χ2v) is 30.1. The lowest BCUT2D eigenvalue weighted by molar-refractivity contribution is -0.131. The van der Waals surface area contributed by atoms with Crippen molar-refractivity contribution in [2.45, 2.75) is 72.9 Å². The number of nitrogens with zero attached hydrogens (tertiary/aromatic N) is 2. The van der Waals surface area contributed by atoms with Crippen molar-refractivity contribution in [3.05, 3.63) is 130 Å². The van der Waals surface area contributed by atoms with Gasteiger partial charge in [0.05, 0.1) is 39.3 Å². The Kier molecular flexibility index (Phi) is 43.9. The van der Waals surface area contributed by atoms with Gasteiger partial charge in [-0.15, -0.1) is 0 Å². The minimum absolute atomic E-state index is 0.00492. The standard InChI is InChI=1S/C66H104N26O18S4/c93-49(27-75-53(97)31-91-19-15-69-11-7-67-8-12-70-16-20-91)85-47(39-113-35-43-25-81-65(109)89-57(43)101)61(105)77-29-51(95)83-45(37-111-33-41-23-79-63(107)87-55(41)99)59(103)73-5-3-1-2-4-6-74-60(104)46(38-112-34-42-24-80-64(108)88-56(42)100)84-52(96)30-78-62(106)48(40-114-36-44-26-82-66(110)90-58(44)102)86-50(94)28-76-54(98)32-92-21-17-71-13-9-68-10-14-72-18-22-92/h23-26,45-48,67-72H,1-22,27-40H2,(H,73,103)(H,74,104)(H,75,97)(H,76,98)(H,77,105)(H,78,106)(H,83,95)(H,84,96)(H,85,93)(H,86,94)(H2,79,87,99,107)(H2,80,88,100,108)(H2,81,89,101,109)(H2,82,90,102,110)/t45-,46-,47-,48-/m0/s1. The van der Waals surface area contributed by atoms with E-state index in [9.17, 15) is 86.3 Å². The third-order valence-electron chi connectivity index (χ3n) is 16.9. The number of carbonyl (C=O) groups excluding carboxylic acids is 10. The highest BCUT2D eigenvalue weighted by Crippen LogP contribution is 2.14. The van der Waals surface area contributed by atoms with Crippen LogP contribution in [0.3, 0.4) is 0 Å². The van der Waals surface area contributed by atoms with Crippen LogP contribution in [-0.2, 0) is 71.0 Å². The fourth-order valence-electron chi connectivity index (χ4n) is 10.7. The number of rotatable bonds is 43. The van der Waals surface area contributed by atoms with Crippen LogP contribution in [0, 0.1) is 0 Å². The van der Waals surface area contributed by atoms with Gasteiger partial charge in [-0.1, -0.05) is 12.8 Å². The van der Waals surface area contributed by atoms with Crippen LogP contribution in [0.2, 0.25) is 0 Å². The van der Waals surface area contributed by atoms with Gasteiger partial charge < -0.3 is 105 Å². The second-order valence-electron chi connectivity index (χ2n) is 26.0. The topological polar surface area (TPSA) is 633 Å². The molecule has 0 bridgehead atoms. The summed E-state index contributed by atoms with van der Waals surface area (Å²) < 4.78 is 0. The van der Waals surface area contributed by atoms with Gasteiger partial charge in [-0.2, -0.15) is 47.0 Å². The number of aromatic nitrogens is 8. The number of nitrogens with one attached hydrogen (secondary N) is 24. The summed E-state index contributed by atoms with van der Waals surface area (Å²) in [6.45, 7) is 8.60. The molecule has 24 N–H and O–H groups in total. The average molecular weight is 1680 g/mol. The quantitative estimate of drug-likeness (QED) is 0.0183. The maximum Gasteiger partial charge on any atom is 0.325 e. The van der Waals surface area contributed by atoms with Crippen LogP contribution in [0.15, 0.2) is 63.1 Å². The average Bonchev–Trinajstić information content (AvgIpc) is 0.887. The molecule has 6 rings (SSSR count). The normalized spacial score (nSPS) is 15.3. The molecule has 48 heteroatoms. The van der Waals surface area contributed by atoms with E-state index in [0.29, 0.717) is 78.0 Å². The molecule has 0 spiro atoms. The first-order valence-corrected chi connectivity index (χ1v) is 41.7. The zero-order chi connectivity index (χ0) is 82.2. The van der Waals surface area contributed by atoms with E-state index in [0.717, 1.165) is 99.4 Å². The maximum atomic E-state index is 13.8. The zero-order valence-electron chi connectivity index (χ0n) is 63.0. The first-order valence-electron chi connectivity index (χ1n) is 37.0. The molecule has 44 nitrogen and oxygen atoms in total. The number of unbranched alkanes of at least 4 members (excludes halogenated alkanes) is 3. The lowest BCUT2D eigenvalue weighted by Crippen LogP contribution is -2.54. The number of thioether (sulfide) groups is 4. The van der Waals surface area contributed by atoms with Gasteiger partial charge in [-0.25, -0.2) is 19.2 Å². The highest BCUT2D eigenvalue weighted by atomic mass is 32.2. The van der Waals surface area contributed by atoms with Gasteiger partial charge in [-0.3, -0.25) is 96.9 Å². The summed E-state index contributed by atoms with van der Waals surface area (Å²) in [4.78, 5) is 254. The monoisotopic (exact) mass is 1680 g/mol. The Hall–Kier alpha value is -9.50. The Morgan fingerprint density at radius 3 is 0.798 bits per heavy atom. The third kappa shape index (κ3) is 38.6. The van der Waals surface area contributed by atoms with E-state index in [4.69, 9.17) is 0 Å². The molecule has 6 heterocycles. The van der Waals surface area contributed by atoms with Gasteiger partial charge in [0.2, 0.25) is 59.1 Å². The lowest BCUT2D eigenvalue weighted by Gasteiger charge is -2.23. The van der Waals surface area contributed by atoms with Crippen molar-refractivity contribution < 1.29 is 47.9 Å². The highest BCUT2D eigenvalue weighted by molar-refractivity contribution is 7.99. The minimum Gasteiger partial charge on any atom is -0.354 e. The summed E-state index contributed by atoms with van der Waals surface area (Å²) in [5.41, 5.74) is -5.00. The predicted octanol–water partition coefficient (Wildman–Crippen LogP) is -11.4. The van der Waals surface area contributed by atoms with Crippen molar-refractivity contribution in [1.29, 1.82) is 0 Å². The Morgan fingerprint density at radius 1 is 0.307 bits per heavy atom. The fraction of sp³-hybridized carbons (Fsp3) is 0.606. The molecule has 4 aromatic heterocycles. The smallest absolute Gasteiger partial charge is 0.325 e. The Balaban J connectivity index is 1.01. The summed E-state index contributed by atoms with van der Waals surface area (Å²) >= 11 is 4.21. The van der Waals surface area contributed by atoms with E-state index in [1.54, 1.807) is 0 Å². The van der Waals surface area contributed by atoms with Crippen molar-refractivity contribution in [2.75, 3.05) is 180 Å². The summed E-state index contributed by atoms with van der Waals surface area (Å²) in [7, 11) is 0. The molecule has 10 amide bonds. The molecular weight excluding hydrogens is 1570 g/mol. The molecule has 2 fully saturated rings. The zero-order valence-corrected chi connectivity index (χ0v) is 66.2. The number of amides is 10. The molecule has 0 aliphatic carbocycles. The van der Waals surface area contributed by atoms with Crippen molar-refractivity contribution in [2.24, 2.45) is 0 Å². The van der Waals surface area contributed by atoms with E-state index in [2.05, 4.69) is 125 Å². The molecule has 630 valence electrons. The molecule has 0 saturated carbocycles. The molecule has 2 saturated heterocycles. The van der Waals surface area contributed by atoms with E-state index in [1.165, 1.54) is 24.8 Å². The second kappa shape index (κ2) is 53.5. The summed E-state index contributed by atoms with van der Waals surface area (Å²) in [6.07, 6.45) is 6.66. The molecular formula is C66H104N26O18S4. The van der Waals surface area contributed by atoms with Gasteiger partial charge in [-0.05, 0) is 12.8 Å². The summed E-state index contributed by atoms with van der Waals surface area (Å²) in [6, 6.07) is -5.19. The molecule has 4 atom stereocenters. The number of H-pyrrole nitrogens is 8. The van der Waals surface area contributed by atoms with Crippen LogP contribution in [0.1, 0.15) is 47.9 Å². The Bertz CT molecular complexity index is 3980. The van der Waals surface area contributed by atoms with Crippen molar-refractivity contribution in [3.63, 3.8) is 0 Å². The Labute approximate surface area is 668 Å². The number of hydrogen-bond acceptors (Lipinski definition) is 30. The van der Waals surface area contributed by atoms with Gasteiger partial charge in [0.1, 0.15) is 24.2 Å². The molecule has 0 aromatic carbocycles. The van der Waals surface area contributed by atoms with Crippen LogP contribution >= 0.6 is 47.0 Å². The van der Waals surface area contributed by atoms with E-state index in [1.807, 2.05) is 9.80 Å². The summed E-state index contributed by atoms with van der Waals surface area (Å²) in [5, 5.41) is 45.9. The van der Waals surface area contributed by atoms with Gasteiger partial charge in [0, 0.05) is 211 Å². The molecule has 2 aliphatic heterocycles. The molecule has 2 aliphatic rings. The summed E-state index contributed by atoms with van der Waals surface area (Å²) in [5.74, 6) is -7.60. The van der Waals surface area contributed by atoms with E-state index >= 15 is 0 Å². The van der Waals surface area contributed by atoms with Crippen molar-refractivity contribution in [3.8, 4) is 0 Å². The van der Waals surface area contributed by atoms with Crippen molar-refractivity contribution >= 4 is 106 Å². The predicted molar refractivity (Wildman–Crippen MR) is 430 cm³/mol. The van der Waals surface area contributed by atoms with Crippen LogP contribution < -0.4 is 130 Å². The SMILES string of the molecule is O=C(CN1CCNCCNCCNCC1)NCC(=O)N[C@@H](CSCc1c[nH]c(=O)[nH]c1=O)C(=O)NCC(=O)N[C@@H](CSCc1c[nH]c(=O)[nH]c1=O)C(=O)NCCCCCCNC(=O)[C@H](CSCc1c[nH]c(=O)[nH]c1=O)NC(=O)CNC(=O)[C@H](CSCc1c[nH]c(=O)[nH]c1=O)NC(=O)CNC(=O)CN1CCNCCNCCNCC1. The lowest BCUT2D eigenvalue weighted by atomic mass is 10.2. The van der Waals surface area contributed by atoms with Gasteiger partial charge in [0.25, 0.3) is 22.2 Å². The highest BCUT2D eigenvalue weighted by Gasteiger charge is 2.28. The van der Waals surface area contributed by atoms with Gasteiger partial charge >= 0.3 is 22.8 Å². The molecule has 114 heavy (non-hydrogen) atoms. The van der Waals surface area contributed by atoms with Crippen LogP contribution in [0.25, 0.3) is 0 Å². The molecule has 4 aromatic rings. The number of hydrogen-bond donors (Lipinski definition) is 24. The van der Waals surface area contributed by atoms with Crippen LogP contribution in [0.4, 0.5) is 0 Å². The first-order chi connectivity index (χ1) is 55.0. The Morgan fingerprint density at radius 2 is 0.544 bits per heavy atom. The first kappa shape index (κ1) is 93.4. The van der Waals surface area contributed by atoms with E-state index < -0.39 is 154 Å². The van der Waals surface area contributed by atoms with E-state index in [-0.39, 0.29) is 94.5 Å². The number of carbonyl (C=O) groups is 10. The number of aromatic amines is 8. The van der Waals surface area contributed by atoms with Crippen LogP contribution in [0.5, 0.6) is 0 Å². The molecule has 0 unspecified atom stereocenters. The largest absolute Gasteiger partial charge is 0.354 e. The third-order valence-corrected chi connectivity index (χ3v) is 21.2.